The first-order valence-corrected chi connectivity index (χ1v) is 4.99. The monoisotopic (exact) mass is 307 g/mol. The molecule has 20 heavy (non-hydrogen) atoms. The van der Waals surface area contributed by atoms with Crippen molar-refractivity contribution < 1.29 is 35.5 Å². The SMILES string of the molecule is Cn1nccc1CNC(=O)C(F)(F)C(F)(F)C(F)(F)F. The Morgan fingerprint density at radius 2 is 1.80 bits per heavy atom. The van der Waals surface area contributed by atoms with Gasteiger partial charge in [-0.3, -0.25) is 9.48 Å². The zero-order valence-electron chi connectivity index (χ0n) is 9.81. The Bertz CT molecular complexity index is 494. The fourth-order valence-electron chi connectivity index (χ4n) is 1.18. The summed E-state index contributed by atoms with van der Waals surface area (Å²) in [5.41, 5.74) is 0.143. The second kappa shape index (κ2) is 4.94. The minimum absolute atomic E-state index is 0.143. The number of nitrogens with zero attached hydrogens (tertiary/aromatic N) is 2. The molecule has 0 fully saturated rings. The second-order valence-corrected chi connectivity index (χ2v) is 3.78. The van der Waals surface area contributed by atoms with E-state index in [1.54, 1.807) is 0 Å². The maximum atomic E-state index is 12.9. The molecule has 114 valence electrons. The molecule has 0 spiro atoms. The van der Waals surface area contributed by atoms with Crippen LogP contribution >= 0.6 is 0 Å². The van der Waals surface area contributed by atoms with Gasteiger partial charge in [0.1, 0.15) is 0 Å². The maximum Gasteiger partial charge on any atom is 0.460 e. The first-order valence-electron chi connectivity index (χ1n) is 4.99. The molecule has 1 heterocycles. The number of carbonyl (C=O) groups excluding carboxylic acids is 1. The van der Waals surface area contributed by atoms with Crippen LogP contribution in [0.4, 0.5) is 30.7 Å². The number of halogens is 7. The predicted octanol–water partition coefficient (Wildman–Crippen LogP) is 1.87. The highest BCUT2D eigenvalue weighted by molar-refractivity contribution is 5.84. The molecule has 1 aromatic rings. The van der Waals surface area contributed by atoms with Gasteiger partial charge in [0.05, 0.1) is 12.2 Å². The minimum Gasteiger partial charge on any atom is -0.345 e. The van der Waals surface area contributed by atoms with Crippen molar-refractivity contribution in [3.05, 3.63) is 18.0 Å². The molecule has 1 N–H and O–H groups in total. The second-order valence-electron chi connectivity index (χ2n) is 3.78. The molecule has 0 aliphatic heterocycles. The van der Waals surface area contributed by atoms with Crippen molar-refractivity contribution in [1.82, 2.24) is 15.1 Å². The van der Waals surface area contributed by atoms with Crippen LogP contribution in [0.15, 0.2) is 12.3 Å². The van der Waals surface area contributed by atoms with E-state index >= 15 is 0 Å². The van der Waals surface area contributed by atoms with Crippen molar-refractivity contribution in [2.75, 3.05) is 0 Å². The Morgan fingerprint density at radius 1 is 1.25 bits per heavy atom. The van der Waals surface area contributed by atoms with Crippen molar-refractivity contribution in [1.29, 1.82) is 0 Å². The van der Waals surface area contributed by atoms with Crippen LogP contribution < -0.4 is 5.32 Å². The Balaban J connectivity index is 2.83. The molecule has 0 saturated heterocycles. The third-order valence-electron chi connectivity index (χ3n) is 2.39. The molecule has 1 rings (SSSR count). The molecule has 0 saturated carbocycles. The number of aryl methyl sites for hydroxylation is 1. The van der Waals surface area contributed by atoms with Gasteiger partial charge < -0.3 is 5.32 Å². The molecule has 0 aliphatic carbocycles. The van der Waals surface area contributed by atoms with Gasteiger partial charge in [0.2, 0.25) is 0 Å². The molecule has 0 radical (unpaired) electrons. The maximum absolute atomic E-state index is 12.9. The van der Waals surface area contributed by atoms with Crippen LogP contribution in [0, 0.1) is 0 Å². The summed E-state index contributed by atoms with van der Waals surface area (Å²) < 4.78 is 87.6. The molecule has 0 aliphatic rings. The molecule has 1 aromatic heterocycles. The lowest BCUT2D eigenvalue weighted by Gasteiger charge is -2.27. The van der Waals surface area contributed by atoms with Gasteiger partial charge in [0.15, 0.2) is 0 Å². The highest BCUT2D eigenvalue weighted by Crippen LogP contribution is 2.46. The summed E-state index contributed by atoms with van der Waals surface area (Å²) in [6.45, 7) is -0.668. The summed E-state index contributed by atoms with van der Waals surface area (Å²) >= 11 is 0. The van der Waals surface area contributed by atoms with E-state index < -0.39 is 30.5 Å². The molecular weight excluding hydrogens is 299 g/mol. The summed E-state index contributed by atoms with van der Waals surface area (Å²) in [6.07, 6.45) is -5.32. The first kappa shape index (κ1) is 16.2. The zero-order chi connectivity index (χ0) is 15.8. The molecule has 0 bridgehead atoms. The van der Waals surface area contributed by atoms with Gasteiger partial charge in [-0.15, -0.1) is 0 Å². The normalized spacial score (nSPS) is 13.4. The standard InChI is InChI=1S/C9H8F7N3O/c1-19-5(2-3-18-19)4-17-6(20)7(10,11)8(12,13)9(14,15)16/h2-3H,4H2,1H3,(H,17,20). The third-order valence-corrected chi connectivity index (χ3v) is 2.39. The van der Waals surface area contributed by atoms with Crippen molar-refractivity contribution in [3.63, 3.8) is 0 Å². The van der Waals surface area contributed by atoms with Crippen LogP contribution in [0.25, 0.3) is 0 Å². The van der Waals surface area contributed by atoms with Crippen molar-refractivity contribution >= 4 is 5.91 Å². The fraction of sp³-hybridized carbons (Fsp3) is 0.556. The number of hydrogen-bond donors (Lipinski definition) is 1. The average Bonchev–Trinajstić information content (AvgIpc) is 2.69. The van der Waals surface area contributed by atoms with Crippen molar-refractivity contribution in [2.24, 2.45) is 7.05 Å². The van der Waals surface area contributed by atoms with Crippen LogP contribution in [0.2, 0.25) is 0 Å². The van der Waals surface area contributed by atoms with Crippen LogP contribution in [-0.4, -0.2) is 33.7 Å². The third kappa shape index (κ3) is 2.70. The Hall–Kier alpha value is -1.81. The van der Waals surface area contributed by atoms with Gasteiger partial charge in [-0.2, -0.15) is 35.8 Å². The number of amides is 1. The molecule has 0 unspecified atom stereocenters. The zero-order valence-corrected chi connectivity index (χ0v) is 9.81. The summed E-state index contributed by atoms with van der Waals surface area (Å²) in [7, 11) is 1.37. The Kier molecular flexibility index (Phi) is 4.02. The first-order chi connectivity index (χ1) is 8.91. The van der Waals surface area contributed by atoms with Gasteiger partial charge >= 0.3 is 18.0 Å². The van der Waals surface area contributed by atoms with Gasteiger partial charge in [-0.1, -0.05) is 0 Å². The number of aromatic nitrogens is 2. The smallest absolute Gasteiger partial charge is 0.345 e. The van der Waals surface area contributed by atoms with Gasteiger partial charge in [-0.25, -0.2) is 0 Å². The van der Waals surface area contributed by atoms with E-state index in [4.69, 9.17) is 0 Å². The van der Waals surface area contributed by atoms with E-state index in [1.165, 1.54) is 24.6 Å². The largest absolute Gasteiger partial charge is 0.460 e. The van der Waals surface area contributed by atoms with Crippen molar-refractivity contribution in [2.45, 2.75) is 24.6 Å². The van der Waals surface area contributed by atoms with E-state index in [-0.39, 0.29) is 5.69 Å². The fourth-order valence-corrected chi connectivity index (χ4v) is 1.18. The Labute approximate surface area is 107 Å². The lowest BCUT2D eigenvalue weighted by molar-refractivity contribution is -0.344. The van der Waals surface area contributed by atoms with E-state index in [9.17, 15) is 35.5 Å². The lowest BCUT2D eigenvalue weighted by Crippen LogP contribution is -2.59. The van der Waals surface area contributed by atoms with Crippen LogP contribution in [0.1, 0.15) is 5.69 Å². The summed E-state index contributed by atoms with van der Waals surface area (Å²) in [5.74, 6) is -15.1. The van der Waals surface area contributed by atoms with Crippen LogP contribution in [0.5, 0.6) is 0 Å². The number of carbonyl (C=O) groups is 1. The van der Waals surface area contributed by atoms with Crippen LogP contribution in [-0.2, 0) is 18.4 Å². The number of nitrogens with one attached hydrogen (secondary N) is 1. The number of alkyl halides is 7. The van der Waals surface area contributed by atoms with E-state index in [1.807, 2.05) is 0 Å². The predicted molar refractivity (Wildman–Crippen MR) is 51.0 cm³/mol. The molecule has 0 aromatic carbocycles. The van der Waals surface area contributed by atoms with Gasteiger partial charge in [0.25, 0.3) is 5.91 Å². The molecule has 4 nitrogen and oxygen atoms in total. The highest BCUT2D eigenvalue weighted by atomic mass is 19.4. The van der Waals surface area contributed by atoms with Crippen molar-refractivity contribution in [3.8, 4) is 0 Å². The van der Waals surface area contributed by atoms with Crippen LogP contribution in [0.3, 0.4) is 0 Å². The topological polar surface area (TPSA) is 46.9 Å². The Morgan fingerprint density at radius 3 is 2.20 bits per heavy atom. The van der Waals surface area contributed by atoms with E-state index in [0.29, 0.717) is 0 Å². The number of rotatable bonds is 4. The quantitative estimate of drug-likeness (QED) is 0.863. The molecule has 0 atom stereocenters. The number of hydrogen-bond acceptors (Lipinski definition) is 2. The van der Waals surface area contributed by atoms with E-state index in [0.717, 1.165) is 4.68 Å². The minimum atomic E-state index is -6.54. The summed E-state index contributed by atoms with van der Waals surface area (Å²) in [5, 5.41) is 4.91. The average molecular weight is 307 g/mol. The summed E-state index contributed by atoms with van der Waals surface area (Å²) in [4.78, 5) is 10.9. The van der Waals surface area contributed by atoms with E-state index in [2.05, 4.69) is 5.10 Å². The molecular formula is C9H8F7N3O. The van der Waals surface area contributed by atoms with Gasteiger partial charge in [0, 0.05) is 13.2 Å². The van der Waals surface area contributed by atoms with Gasteiger partial charge in [-0.05, 0) is 6.07 Å². The summed E-state index contributed by atoms with van der Waals surface area (Å²) in [6, 6.07) is 1.26. The lowest BCUT2D eigenvalue weighted by atomic mass is 10.1. The molecule has 1 amide bonds. The highest BCUT2D eigenvalue weighted by Gasteiger charge is 2.76. The molecule has 11 heteroatoms.